The van der Waals surface area contributed by atoms with Crippen molar-refractivity contribution in [3.8, 4) is 0 Å². The van der Waals surface area contributed by atoms with E-state index in [2.05, 4.69) is 48.8 Å². The average Bonchev–Trinajstić information content (AvgIpc) is 3.19. The summed E-state index contributed by atoms with van der Waals surface area (Å²) >= 11 is 0. The van der Waals surface area contributed by atoms with Crippen LogP contribution in [0.5, 0.6) is 0 Å². The number of benzene rings is 1. The van der Waals surface area contributed by atoms with Gasteiger partial charge >= 0.3 is 5.69 Å². The van der Waals surface area contributed by atoms with Crippen LogP contribution in [0.3, 0.4) is 0 Å². The molecule has 2 aliphatic heterocycles. The van der Waals surface area contributed by atoms with Gasteiger partial charge in [-0.1, -0.05) is 19.4 Å². The zero-order chi connectivity index (χ0) is 23.3. The standard InChI is InChI=1S/C25H34N6O2/c1-17-15-30(20-9-8-18(2)19(3)14-20)24-26-22-21(31(24)16-17)23(32)29(25(33)27(22)4)13-12-28-10-6-5-7-11-28/h8-9,14,17H,5-7,10-13,15-16H2,1-4H3/t17-/m1/s1. The molecule has 3 aromatic rings. The Balaban J connectivity index is 1.61. The van der Waals surface area contributed by atoms with Gasteiger partial charge in [-0.15, -0.1) is 0 Å². The molecule has 2 aromatic heterocycles. The fourth-order valence-corrected chi connectivity index (χ4v) is 5.24. The van der Waals surface area contributed by atoms with Gasteiger partial charge in [0.15, 0.2) is 11.2 Å². The van der Waals surface area contributed by atoms with E-state index in [1.54, 1.807) is 11.6 Å². The summed E-state index contributed by atoms with van der Waals surface area (Å²) in [7, 11) is 1.73. The van der Waals surface area contributed by atoms with Crippen molar-refractivity contribution in [2.75, 3.05) is 31.1 Å². The molecule has 0 unspecified atom stereocenters. The maximum Gasteiger partial charge on any atom is 0.332 e. The van der Waals surface area contributed by atoms with Gasteiger partial charge in [-0.2, -0.15) is 4.98 Å². The highest BCUT2D eigenvalue weighted by molar-refractivity contribution is 5.77. The summed E-state index contributed by atoms with van der Waals surface area (Å²) < 4.78 is 4.98. The summed E-state index contributed by atoms with van der Waals surface area (Å²) in [5.41, 5.74) is 4.03. The lowest BCUT2D eigenvalue weighted by atomic mass is 10.1. The van der Waals surface area contributed by atoms with Gasteiger partial charge in [-0.25, -0.2) is 4.79 Å². The minimum atomic E-state index is -0.286. The summed E-state index contributed by atoms with van der Waals surface area (Å²) in [5, 5.41) is 0. The third-order valence-corrected chi connectivity index (χ3v) is 7.33. The Kier molecular flexibility index (Phi) is 5.64. The summed E-state index contributed by atoms with van der Waals surface area (Å²) in [5.74, 6) is 1.09. The number of nitrogens with zero attached hydrogens (tertiary/aromatic N) is 6. The molecular weight excluding hydrogens is 416 g/mol. The molecule has 1 saturated heterocycles. The molecule has 0 spiro atoms. The first-order valence-electron chi connectivity index (χ1n) is 12.1. The van der Waals surface area contributed by atoms with Crippen LogP contribution in [0.4, 0.5) is 11.6 Å². The molecule has 4 heterocycles. The fraction of sp³-hybridized carbons (Fsp3) is 0.560. The minimum absolute atomic E-state index is 0.224. The fourth-order valence-electron chi connectivity index (χ4n) is 5.24. The minimum Gasteiger partial charge on any atom is -0.312 e. The Morgan fingerprint density at radius 2 is 1.76 bits per heavy atom. The van der Waals surface area contributed by atoms with Crippen molar-refractivity contribution in [2.24, 2.45) is 13.0 Å². The molecule has 0 aliphatic carbocycles. The van der Waals surface area contributed by atoms with Crippen LogP contribution in [-0.4, -0.2) is 49.8 Å². The molecule has 8 heteroatoms. The molecule has 0 bridgehead atoms. The van der Waals surface area contributed by atoms with Crippen molar-refractivity contribution in [1.29, 1.82) is 0 Å². The van der Waals surface area contributed by atoms with Gasteiger partial charge in [-0.3, -0.25) is 13.9 Å². The zero-order valence-corrected chi connectivity index (χ0v) is 20.2. The molecule has 1 aromatic carbocycles. The van der Waals surface area contributed by atoms with Gasteiger partial charge in [0.25, 0.3) is 5.56 Å². The van der Waals surface area contributed by atoms with Gasteiger partial charge in [0.1, 0.15) is 0 Å². The van der Waals surface area contributed by atoms with Crippen LogP contribution in [0.15, 0.2) is 27.8 Å². The second kappa shape index (κ2) is 8.48. The van der Waals surface area contributed by atoms with Gasteiger partial charge in [0.2, 0.25) is 5.95 Å². The Labute approximate surface area is 194 Å². The topological polar surface area (TPSA) is 68.3 Å². The van der Waals surface area contributed by atoms with Crippen molar-refractivity contribution in [1.82, 2.24) is 23.6 Å². The first-order chi connectivity index (χ1) is 15.8. The Bertz CT molecular complexity index is 1310. The number of rotatable bonds is 4. The predicted octanol–water partition coefficient (Wildman–Crippen LogP) is 2.79. The number of fused-ring (bicyclic) bond motifs is 3. The van der Waals surface area contributed by atoms with E-state index in [4.69, 9.17) is 4.98 Å². The van der Waals surface area contributed by atoms with Crippen molar-refractivity contribution in [2.45, 2.75) is 53.1 Å². The van der Waals surface area contributed by atoms with Crippen LogP contribution >= 0.6 is 0 Å². The summed E-state index contributed by atoms with van der Waals surface area (Å²) in [4.78, 5) is 36.1. The summed E-state index contributed by atoms with van der Waals surface area (Å²) in [6.45, 7) is 11.2. The molecule has 0 amide bonds. The van der Waals surface area contributed by atoms with E-state index in [0.717, 1.165) is 37.8 Å². The second-order valence-corrected chi connectivity index (χ2v) is 9.88. The number of hydrogen-bond acceptors (Lipinski definition) is 5. The molecule has 1 fully saturated rings. The van der Waals surface area contributed by atoms with Crippen LogP contribution in [0.1, 0.15) is 37.3 Å². The van der Waals surface area contributed by atoms with Gasteiger partial charge in [0.05, 0.1) is 0 Å². The molecule has 176 valence electrons. The van der Waals surface area contributed by atoms with Gasteiger partial charge in [0, 0.05) is 38.9 Å². The van der Waals surface area contributed by atoms with E-state index in [1.807, 2.05) is 4.57 Å². The highest BCUT2D eigenvalue weighted by atomic mass is 16.2. The highest BCUT2D eigenvalue weighted by Gasteiger charge is 2.30. The Morgan fingerprint density at radius 3 is 2.48 bits per heavy atom. The number of piperidine rings is 1. The van der Waals surface area contributed by atoms with Crippen LogP contribution in [0.25, 0.3) is 11.2 Å². The third kappa shape index (κ3) is 3.80. The van der Waals surface area contributed by atoms with Gasteiger partial charge in [-0.05, 0) is 69.0 Å². The SMILES string of the molecule is Cc1ccc(N2C[C@@H](C)Cn3c2nc2c3c(=O)n(CCN3CCCCC3)c(=O)n2C)cc1C. The van der Waals surface area contributed by atoms with E-state index < -0.39 is 0 Å². The molecule has 2 aliphatic rings. The Morgan fingerprint density at radius 1 is 1.00 bits per heavy atom. The van der Waals surface area contributed by atoms with Crippen molar-refractivity contribution in [3.63, 3.8) is 0 Å². The second-order valence-electron chi connectivity index (χ2n) is 9.88. The number of aromatic nitrogens is 4. The maximum atomic E-state index is 13.6. The molecule has 5 rings (SSSR count). The molecule has 33 heavy (non-hydrogen) atoms. The predicted molar refractivity (Wildman–Crippen MR) is 132 cm³/mol. The average molecular weight is 451 g/mol. The molecule has 0 radical (unpaired) electrons. The van der Waals surface area contributed by atoms with Crippen LogP contribution in [0.2, 0.25) is 0 Å². The zero-order valence-electron chi connectivity index (χ0n) is 20.2. The lowest BCUT2D eigenvalue weighted by Crippen LogP contribution is -2.43. The van der Waals surface area contributed by atoms with Crippen LogP contribution < -0.4 is 16.1 Å². The Hall–Kier alpha value is -2.87. The number of likely N-dealkylation sites (tertiary alicyclic amines) is 1. The number of imidazole rings is 1. The van der Waals surface area contributed by atoms with Crippen molar-refractivity contribution in [3.05, 3.63) is 50.2 Å². The van der Waals surface area contributed by atoms with E-state index in [1.165, 1.54) is 35.0 Å². The summed E-state index contributed by atoms with van der Waals surface area (Å²) in [6, 6.07) is 6.41. The van der Waals surface area contributed by atoms with Crippen molar-refractivity contribution < 1.29 is 0 Å². The van der Waals surface area contributed by atoms with Crippen LogP contribution in [-0.2, 0) is 20.1 Å². The number of anilines is 2. The lowest BCUT2D eigenvalue weighted by Gasteiger charge is -2.33. The highest BCUT2D eigenvalue weighted by Crippen LogP contribution is 2.33. The van der Waals surface area contributed by atoms with E-state index >= 15 is 0 Å². The van der Waals surface area contributed by atoms with Gasteiger partial charge < -0.3 is 14.4 Å². The number of aryl methyl sites for hydroxylation is 3. The lowest BCUT2D eigenvalue weighted by molar-refractivity contribution is 0.218. The molecule has 8 nitrogen and oxygen atoms in total. The number of hydrogen-bond donors (Lipinski definition) is 0. The largest absolute Gasteiger partial charge is 0.332 e. The molecule has 0 N–H and O–H groups in total. The maximum absolute atomic E-state index is 13.6. The van der Waals surface area contributed by atoms with E-state index in [-0.39, 0.29) is 11.2 Å². The van der Waals surface area contributed by atoms with Crippen molar-refractivity contribution >= 4 is 22.8 Å². The molecule has 1 atom stereocenters. The quantitative estimate of drug-likeness (QED) is 0.612. The third-order valence-electron chi connectivity index (χ3n) is 7.33. The first kappa shape index (κ1) is 21.9. The molecular formula is C25H34N6O2. The molecule has 0 saturated carbocycles. The van der Waals surface area contributed by atoms with E-state index in [0.29, 0.717) is 30.2 Å². The van der Waals surface area contributed by atoms with Crippen LogP contribution in [0, 0.1) is 19.8 Å². The van der Waals surface area contributed by atoms with E-state index in [9.17, 15) is 9.59 Å². The first-order valence-corrected chi connectivity index (χ1v) is 12.1. The normalized spacial score (nSPS) is 19.3. The monoisotopic (exact) mass is 450 g/mol. The summed E-state index contributed by atoms with van der Waals surface area (Å²) in [6.07, 6.45) is 3.64. The smallest absolute Gasteiger partial charge is 0.312 e.